The first-order valence-electron chi connectivity index (χ1n) is 19.1. The van der Waals surface area contributed by atoms with Gasteiger partial charge in [-0.15, -0.1) is 11.8 Å². The normalized spacial score (nSPS) is 15.4. The minimum absolute atomic E-state index is 0.0546. The molecule has 0 saturated carbocycles. The summed E-state index contributed by atoms with van der Waals surface area (Å²) in [5, 5.41) is 12.4. The number of nitrogens with zero attached hydrogens (tertiary/aromatic N) is 6. The third-order valence-corrected chi connectivity index (χ3v) is 14.1. The Kier molecular flexibility index (Phi) is 10.5. The molecule has 2 aliphatic rings. The number of esters is 1. The highest BCUT2D eigenvalue weighted by molar-refractivity contribution is 7.98. The average molecular weight is 855 g/mol. The number of sulfonamides is 1. The van der Waals surface area contributed by atoms with Crippen LogP contribution in [-0.2, 0) is 65.1 Å². The van der Waals surface area contributed by atoms with Crippen LogP contribution in [0.1, 0.15) is 45.2 Å². The third-order valence-electron chi connectivity index (χ3n) is 11.0. The van der Waals surface area contributed by atoms with Gasteiger partial charge in [0.05, 0.1) is 68.5 Å². The summed E-state index contributed by atoms with van der Waals surface area (Å²) in [5.41, 5.74) is 5.69. The van der Waals surface area contributed by atoms with Gasteiger partial charge in [0.2, 0.25) is 10.0 Å². The minimum Gasteiger partial charge on any atom is -0.493 e. The maximum Gasteiger partial charge on any atom is 0.354 e. The number of rotatable bonds is 3. The van der Waals surface area contributed by atoms with Gasteiger partial charge in [-0.1, -0.05) is 29.8 Å². The lowest BCUT2D eigenvalue weighted by atomic mass is 9.96. The summed E-state index contributed by atoms with van der Waals surface area (Å²) in [6, 6.07) is 22.4. The number of thioether (sulfide) groups is 1. The molecule has 4 aromatic carbocycles. The Balaban J connectivity index is 1.26. The number of benzene rings is 4. The topological polar surface area (TPSA) is 123 Å². The first-order chi connectivity index (χ1) is 28.5. The van der Waals surface area contributed by atoms with Gasteiger partial charge in [-0.05, 0) is 85.0 Å². The molecular weight excluding hydrogens is 815 g/mol. The van der Waals surface area contributed by atoms with Crippen LogP contribution in [0.15, 0.2) is 88.7 Å². The standard InChI is InChI=1S/C43H40ClFN6O6S2/c1-26-39-36-13-12-34(44)40(39)41-35(47-51-15-17-56-24-37(41)51)23-49(59(53,54)32-8-5-4-6-9-32)22-29-20-30(48(2)46-29)25-58-31-19-27-18-28(45)10-11-33(27)38(21-31)57-16-7-14-50(36)42(26)43(52)55-3/h4-6,8-13,18-21H,7,14-17,22-25H2,1-3H3. The Morgan fingerprint density at radius 1 is 0.966 bits per heavy atom. The van der Waals surface area contributed by atoms with E-state index in [9.17, 15) is 17.6 Å². The van der Waals surface area contributed by atoms with Crippen molar-refractivity contribution in [1.82, 2.24) is 28.4 Å². The Morgan fingerprint density at radius 2 is 1.80 bits per heavy atom. The number of aryl methyl sites for hydroxylation is 3. The molecule has 0 amide bonds. The van der Waals surface area contributed by atoms with E-state index < -0.39 is 16.0 Å². The fraction of sp³-hybridized carbons (Fsp3) is 0.279. The molecule has 0 saturated heterocycles. The predicted molar refractivity (Wildman–Crippen MR) is 224 cm³/mol. The molecule has 0 atom stereocenters. The van der Waals surface area contributed by atoms with Gasteiger partial charge >= 0.3 is 5.97 Å². The van der Waals surface area contributed by atoms with Crippen LogP contribution in [0.25, 0.3) is 32.8 Å². The Morgan fingerprint density at radius 3 is 2.61 bits per heavy atom. The van der Waals surface area contributed by atoms with E-state index in [-0.39, 0.29) is 30.4 Å². The number of ether oxygens (including phenoxy) is 3. The lowest BCUT2D eigenvalue weighted by molar-refractivity contribution is 0.0587. The zero-order chi connectivity index (χ0) is 41.0. The summed E-state index contributed by atoms with van der Waals surface area (Å²) in [7, 11) is -0.924. The monoisotopic (exact) mass is 854 g/mol. The molecule has 0 fully saturated rings. The molecule has 2 aliphatic heterocycles. The third kappa shape index (κ3) is 7.18. The highest BCUT2D eigenvalue weighted by Gasteiger charge is 2.33. The summed E-state index contributed by atoms with van der Waals surface area (Å²) >= 11 is 8.75. The maximum atomic E-state index is 14.7. The van der Waals surface area contributed by atoms with E-state index in [1.54, 1.807) is 58.9 Å². The summed E-state index contributed by atoms with van der Waals surface area (Å²) in [5.74, 6) is 0.250. The van der Waals surface area contributed by atoms with Crippen molar-refractivity contribution in [2.75, 3.05) is 20.3 Å². The van der Waals surface area contributed by atoms with E-state index >= 15 is 0 Å². The van der Waals surface area contributed by atoms with Crippen molar-refractivity contribution in [1.29, 1.82) is 0 Å². The molecule has 8 bridgehead atoms. The van der Waals surface area contributed by atoms with Crippen LogP contribution in [0, 0.1) is 12.7 Å². The van der Waals surface area contributed by atoms with Crippen LogP contribution in [0.3, 0.4) is 0 Å². The minimum atomic E-state index is -4.11. The lowest BCUT2D eigenvalue weighted by Gasteiger charge is -2.22. The van der Waals surface area contributed by atoms with Crippen molar-refractivity contribution >= 4 is 61.0 Å². The fourth-order valence-electron chi connectivity index (χ4n) is 8.19. The number of hydrogen-bond acceptors (Lipinski definition) is 9. The Labute approximate surface area is 349 Å². The molecule has 0 aliphatic carbocycles. The molecule has 12 nitrogen and oxygen atoms in total. The smallest absolute Gasteiger partial charge is 0.354 e. The van der Waals surface area contributed by atoms with Crippen molar-refractivity contribution in [2.24, 2.45) is 7.05 Å². The van der Waals surface area contributed by atoms with E-state index in [0.717, 1.165) is 32.6 Å². The van der Waals surface area contributed by atoms with E-state index in [4.69, 9.17) is 36.0 Å². The first kappa shape index (κ1) is 39.3. The van der Waals surface area contributed by atoms with Crippen LogP contribution < -0.4 is 4.74 Å². The second-order valence-electron chi connectivity index (χ2n) is 14.6. The van der Waals surface area contributed by atoms with Crippen LogP contribution in [0.2, 0.25) is 5.02 Å². The Bertz CT molecular complexity index is 2890. The van der Waals surface area contributed by atoms with Crippen molar-refractivity contribution in [3.63, 3.8) is 0 Å². The molecule has 3 aromatic heterocycles. The average Bonchev–Trinajstić information content (AvgIpc) is 3.87. The van der Waals surface area contributed by atoms with Gasteiger partial charge in [-0.25, -0.2) is 17.6 Å². The molecular formula is C43H40ClFN6O6S2. The molecule has 0 N–H and O–H groups in total. The maximum absolute atomic E-state index is 14.7. The molecule has 0 unspecified atom stereocenters. The SMILES string of the molecule is COC(=O)c1c(C)c2c3c(Cl)ccc2n1CCCOc1cc(cc2cc(F)ccc12)SCc1cc(nn1C)CN(S(=O)(=O)c1ccccc1)Cc1nn2c(c1-3)COCC2. The zero-order valence-corrected chi connectivity index (χ0v) is 35.0. The quantitative estimate of drug-likeness (QED) is 0.162. The van der Waals surface area contributed by atoms with Crippen molar-refractivity contribution in [3.05, 3.63) is 124 Å². The van der Waals surface area contributed by atoms with Gasteiger partial charge in [-0.3, -0.25) is 9.36 Å². The van der Waals surface area contributed by atoms with E-state index in [1.807, 2.05) is 47.5 Å². The Hall–Kier alpha value is -5.19. The number of halogens is 2. The fourth-order valence-corrected chi connectivity index (χ4v) is 10.8. The van der Waals surface area contributed by atoms with Gasteiger partial charge in [-0.2, -0.15) is 14.5 Å². The van der Waals surface area contributed by atoms with Gasteiger partial charge in [0.15, 0.2) is 0 Å². The van der Waals surface area contributed by atoms with Gasteiger partial charge in [0.1, 0.15) is 17.3 Å². The number of aromatic nitrogens is 5. The molecule has 9 rings (SSSR count). The van der Waals surface area contributed by atoms with Crippen LogP contribution in [0.4, 0.5) is 4.39 Å². The van der Waals surface area contributed by atoms with Crippen LogP contribution in [0.5, 0.6) is 5.75 Å². The highest BCUT2D eigenvalue weighted by atomic mass is 35.5. The molecule has 7 aromatic rings. The van der Waals surface area contributed by atoms with E-state index in [0.29, 0.717) is 88.4 Å². The number of fused-ring (bicyclic) bond motifs is 10. The molecule has 0 radical (unpaired) electrons. The largest absolute Gasteiger partial charge is 0.493 e. The zero-order valence-electron chi connectivity index (χ0n) is 32.6. The van der Waals surface area contributed by atoms with Crippen molar-refractivity contribution in [2.45, 2.75) is 61.7 Å². The number of hydrogen-bond donors (Lipinski definition) is 0. The summed E-state index contributed by atoms with van der Waals surface area (Å²) in [6.07, 6.45) is 0.512. The van der Waals surface area contributed by atoms with Crippen molar-refractivity contribution < 1.29 is 31.8 Å². The lowest BCUT2D eigenvalue weighted by Crippen LogP contribution is -2.31. The summed E-state index contributed by atoms with van der Waals surface area (Å²) < 4.78 is 68.6. The molecule has 0 spiro atoms. The van der Waals surface area contributed by atoms with Crippen LogP contribution in [-0.4, -0.2) is 63.1 Å². The number of carbonyl (C=O) groups excluding carboxylic acids is 1. The summed E-state index contributed by atoms with van der Waals surface area (Å²) in [4.78, 5) is 14.6. The molecule has 5 heterocycles. The van der Waals surface area contributed by atoms with Crippen LogP contribution >= 0.6 is 23.4 Å². The molecule has 304 valence electrons. The second kappa shape index (κ2) is 15.8. The molecule has 16 heteroatoms. The second-order valence-corrected chi connectivity index (χ2v) is 18.0. The van der Waals surface area contributed by atoms with Gasteiger partial charge in [0.25, 0.3) is 0 Å². The summed E-state index contributed by atoms with van der Waals surface area (Å²) in [6.45, 7) is 3.52. The molecule has 59 heavy (non-hydrogen) atoms. The number of carbonyl (C=O) groups is 1. The van der Waals surface area contributed by atoms with E-state index in [1.165, 1.54) is 23.5 Å². The number of methoxy groups -OCH3 is 1. The first-order valence-corrected chi connectivity index (χ1v) is 21.9. The van der Waals surface area contributed by atoms with Gasteiger partial charge < -0.3 is 18.8 Å². The highest BCUT2D eigenvalue weighted by Crippen LogP contribution is 2.44. The van der Waals surface area contributed by atoms with E-state index in [2.05, 4.69) is 0 Å². The predicted octanol–water partition coefficient (Wildman–Crippen LogP) is 8.28. The van der Waals surface area contributed by atoms with Crippen molar-refractivity contribution in [3.8, 4) is 16.9 Å². The van der Waals surface area contributed by atoms with Gasteiger partial charge in [0, 0.05) is 62.4 Å².